The number of rotatable bonds is 3. The van der Waals surface area contributed by atoms with E-state index in [9.17, 15) is 0 Å². The summed E-state index contributed by atoms with van der Waals surface area (Å²) >= 11 is 2.21. The number of H-pyrrole nitrogens is 1. The van der Waals surface area contributed by atoms with Crippen molar-refractivity contribution in [2.24, 2.45) is 0 Å². The van der Waals surface area contributed by atoms with Gasteiger partial charge in [-0.25, -0.2) is 15.0 Å². The molecule has 21 heavy (non-hydrogen) atoms. The normalized spacial score (nSPS) is 11.4. The first-order valence-corrected chi connectivity index (χ1v) is 7.88. The molecule has 0 saturated carbocycles. The second-order valence-electron chi connectivity index (χ2n) is 5.26. The highest BCUT2D eigenvalue weighted by molar-refractivity contribution is 14.1. The molecule has 3 aromatic rings. The number of aromatic nitrogens is 4. The molecule has 5 nitrogen and oxygen atoms in total. The zero-order valence-electron chi connectivity index (χ0n) is 11.9. The molecule has 1 aromatic carbocycles. The van der Waals surface area contributed by atoms with Crippen LogP contribution in [0.3, 0.4) is 0 Å². The van der Waals surface area contributed by atoms with Crippen LogP contribution in [0.5, 0.6) is 0 Å². The smallest absolute Gasteiger partial charge is 0.140 e. The molecular weight excluding hydrogens is 377 g/mol. The van der Waals surface area contributed by atoms with E-state index in [0.29, 0.717) is 24.0 Å². The molecule has 0 radical (unpaired) electrons. The van der Waals surface area contributed by atoms with E-state index in [1.165, 1.54) is 0 Å². The van der Waals surface area contributed by atoms with Crippen molar-refractivity contribution in [1.29, 1.82) is 0 Å². The molecule has 6 heteroatoms. The summed E-state index contributed by atoms with van der Waals surface area (Å²) in [6, 6.07) is 7.95. The Hall–Kier alpha value is -1.70. The van der Waals surface area contributed by atoms with Crippen molar-refractivity contribution in [3.05, 3.63) is 45.2 Å². The number of hydrogen-bond acceptors (Lipinski definition) is 4. The number of imidazole rings is 1. The van der Waals surface area contributed by atoms with E-state index in [1.807, 2.05) is 24.3 Å². The van der Waals surface area contributed by atoms with Crippen LogP contribution in [0, 0.1) is 3.57 Å². The Kier molecular flexibility index (Phi) is 3.79. The number of aromatic amines is 1. The maximum Gasteiger partial charge on any atom is 0.140 e. The Balaban J connectivity index is 1.97. The predicted octanol–water partition coefficient (Wildman–Crippen LogP) is 3.25. The maximum absolute atomic E-state index is 6.00. The summed E-state index contributed by atoms with van der Waals surface area (Å²) in [6.45, 7) is 4.21. The van der Waals surface area contributed by atoms with Gasteiger partial charge in [-0.1, -0.05) is 26.0 Å². The summed E-state index contributed by atoms with van der Waals surface area (Å²) in [4.78, 5) is 16.9. The zero-order chi connectivity index (χ0) is 15.0. The van der Waals surface area contributed by atoms with Crippen molar-refractivity contribution in [2.75, 3.05) is 5.73 Å². The van der Waals surface area contributed by atoms with Crippen LogP contribution in [0.4, 0.5) is 5.82 Å². The fourth-order valence-electron chi connectivity index (χ4n) is 2.23. The molecule has 0 aliphatic heterocycles. The minimum absolute atomic E-state index is 0.316. The van der Waals surface area contributed by atoms with E-state index in [0.717, 1.165) is 26.1 Å². The van der Waals surface area contributed by atoms with Crippen LogP contribution in [0.2, 0.25) is 0 Å². The van der Waals surface area contributed by atoms with E-state index in [1.54, 1.807) is 0 Å². The SMILES string of the molecule is CC(C)c1nc(Cc2nc3ccccc3[nH]2)nc(N)c1I. The molecular formula is C15H16IN5. The lowest BCUT2D eigenvalue weighted by Crippen LogP contribution is -2.09. The molecule has 0 spiro atoms. The number of nitrogen functional groups attached to an aromatic ring is 1. The largest absolute Gasteiger partial charge is 0.383 e. The first-order valence-electron chi connectivity index (χ1n) is 6.80. The van der Waals surface area contributed by atoms with Gasteiger partial charge in [-0.3, -0.25) is 0 Å². The molecule has 108 valence electrons. The lowest BCUT2D eigenvalue weighted by molar-refractivity contribution is 0.780. The molecule has 3 rings (SSSR count). The summed E-state index contributed by atoms with van der Waals surface area (Å²) in [5, 5.41) is 0. The van der Waals surface area contributed by atoms with Crippen LogP contribution < -0.4 is 5.73 Å². The quantitative estimate of drug-likeness (QED) is 0.670. The summed E-state index contributed by atoms with van der Waals surface area (Å²) < 4.78 is 0.941. The number of nitrogens with zero attached hydrogens (tertiary/aromatic N) is 3. The molecule has 0 saturated heterocycles. The molecule has 0 aliphatic carbocycles. The summed E-state index contributed by atoms with van der Waals surface area (Å²) in [5.74, 6) is 2.42. The average molecular weight is 393 g/mol. The first-order chi connectivity index (χ1) is 10.0. The van der Waals surface area contributed by atoms with Crippen LogP contribution in [-0.4, -0.2) is 19.9 Å². The Morgan fingerprint density at radius 2 is 1.95 bits per heavy atom. The van der Waals surface area contributed by atoms with E-state index in [-0.39, 0.29) is 0 Å². The third kappa shape index (κ3) is 2.85. The van der Waals surface area contributed by atoms with Crippen LogP contribution in [0.25, 0.3) is 11.0 Å². The predicted molar refractivity (Wildman–Crippen MR) is 92.2 cm³/mol. The molecule has 0 fully saturated rings. The first kappa shape index (κ1) is 14.2. The number of benzene rings is 1. The monoisotopic (exact) mass is 393 g/mol. The Bertz CT molecular complexity index is 761. The number of para-hydroxylation sites is 2. The molecule has 0 amide bonds. The second-order valence-corrected chi connectivity index (χ2v) is 6.34. The fraction of sp³-hybridized carbons (Fsp3) is 0.267. The van der Waals surface area contributed by atoms with Gasteiger partial charge in [0, 0.05) is 0 Å². The van der Waals surface area contributed by atoms with Crippen LogP contribution >= 0.6 is 22.6 Å². The van der Waals surface area contributed by atoms with Gasteiger partial charge in [0.2, 0.25) is 0 Å². The third-order valence-electron chi connectivity index (χ3n) is 3.26. The van der Waals surface area contributed by atoms with E-state index >= 15 is 0 Å². The molecule has 0 unspecified atom stereocenters. The van der Waals surface area contributed by atoms with Crippen molar-refractivity contribution in [2.45, 2.75) is 26.2 Å². The van der Waals surface area contributed by atoms with Gasteiger partial charge >= 0.3 is 0 Å². The summed E-state index contributed by atoms with van der Waals surface area (Å²) in [7, 11) is 0. The molecule has 2 heterocycles. The van der Waals surface area contributed by atoms with E-state index < -0.39 is 0 Å². The number of nitrogens with one attached hydrogen (secondary N) is 1. The highest BCUT2D eigenvalue weighted by Gasteiger charge is 2.14. The van der Waals surface area contributed by atoms with Gasteiger partial charge in [0.1, 0.15) is 17.5 Å². The minimum Gasteiger partial charge on any atom is -0.383 e. The van der Waals surface area contributed by atoms with Crippen molar-refractivity contribution < 1.29 is 0 Å². The Labute approximate surface area is 136 Å². The van der Waals surface area contributed by atoms with Gasteiger partial charge < -0.3 is 10.7 Å². The number of fused-ring (bicyclic) bond motifs is 1. The number of nitrogens with two attached hydrogens (primary N) is 1. The molecule has 0 bridgehead atoms. The van der Waals surface area contributed by atoms with E-state index in [2.05, 4.69) is 56.4 Å². The molecule has 2 aromatic heterocycles. The van der Waals surface area contributed by atoms with Gasteiger partial charge in [0.25, 0.3) is 0 Å². The molecule has 3 N–H and O–H groups in total. The van der Waals surface area contributed by atoms with Crippen molar-refractivity contribution in [1.82, 2.24) is 19.9 Å². The number of halogens is 1. The van der Waals surface area contributed by atoms with Gasteiger partial charge in [-0.2, -0.15) is 0 Å². The fourth-order valence-corrected chi connectivity index (χ4v) is 3.10. The maximum atomic E-state index is 6.00. The minimum atomic E-state index is 0.316. The number of anilines is 1. The zero-order valence-corrected chi connectivity index (χ0v) is 14.0. The van der Waals surface area contributed by atoms with Crippen molar-refractivity contribution >= 4 is 39.4 Å². The van der Waals surface area contributed by atoms with Crippen LogP contribution in [-0.2, 0) is 6.42 Å². The van der Waals surface area contributed by atoms with Gasteiger partial charge in [-0.05, 0) is 40.6 Å². The standard InChI is InChI=1S/C15H16IN5/c1-8(2)14-13(16)15(17)21-12(20-14)7-11-18-9-5-3-4-6-10(9)19-11/h3-6,8H,7H2,1-2H3,(H,18,19)(H2,17,20,21). The van der Waals surface area contributed by atoms with Crippen molar-refractivity contribution in [3.8, 4) is 0 Å². The Morgan fingerprint density at radius 3 is 2.67 bits per heavy atom. The van der Waals surface area contributed by atoms with Crippen molar-refractivity contribution in [3.63, 3.8) is 0 Å². The highest BCUT2D eigenvalue weighted by Crippen LogP contribution is 2.23. The summed E-state index contributed by atoms with van der Waals surface area (Å²) in [5.41, 5.74) is 8.97. The lowest BCUT2D eigenvalue weighted by atomic mass is 10.1. The molecule has 0 atom stereocenters. The van der Waals surface area contributed by atoms with E-state index in [4.69, 9.17) is 5.73 Å². The van der Waals surface area contributed by atoms with Crippen LogP contribution in [0.1, 0.15) is 37.1 Å². The topological polar surface area (TPSA) is 80.5 Å². The van der Waals surface area contributed by atoms with Gasteiger partial charge in [0.15, 0.2) is 0 Å². The number of hydrogen-bond donors (Lipinski definition) is 2. The van der Waals surface area contributed by atoms with Crippen LogP contribution in [0.15, 0.2) is 24.3 Å². The molecule has 0 aliphatic rings. The lowest BCUT2D eigenvalue weighted by Gasteiger charge is -2.10. The Morgan fingerprint density at radius 1 is 1.19 bits per heavy atom. The van der Waals surface area contributed by atoms with Gasteiger partial charge in [-0.15, -0.1) is 0 Å². The average Bonchev–Trinajstić information content (AvgIpc) is 2.84. The van der Waals surface area contributed by atoms with Gasteiger partial charge in [0.05, 0.1) is 26.7 Å². The second kappa shape index (κ2) is 5.59. The highest BCUT2D eigenvalue weighted by atomic mass is 127. The summed E-state index contributed by atoms with van der Waals surface area (Å²) in [6.07, 6.45) is 0.551. The third-order valence-corrected chi connectivity index (χ3v) is 4.36.